The molecule has 0 bridgehead atoms. The number of hydrogen-bond donors (Lipinski definition) is 1. The zero-order valence-corrected chi connectivity index (χ0v) is 12.2. The SMILES string of the molecule is Cc1ccc(NC(=O)COC(=O)c2cnn(C)c2)c(C)c1. The average molecular weight is 287 g/mol. The van der Waals surface area contributed by atoms with E-state index in [1.165, 1.54) is 17.1 Å². The second-order valence-corrected chi connectivity index (χ2v) is 4.85. The van der Waals surface area contributed by atoms with Crippen molar-refractivity contribution in [1.29, 1.82) is 0 Å². The maximum Gasteiger partial charge on any atom is 0.341 e. The Balaban J connectivity index is 1.89. The van der Waals surface area contributed by atoms with Crippen molar-refractivity contribution in [1.82, 2.24) is 9.78 Å². The lowest BCUT2D eigenvalue weighted by Crippen LogP contribution is -2.21. The molecule has 0 saturated carbocycles. The van der Waals surface area contributed by atoms with Gasteiger partial charge in [-0.15, -0.1) is 0 Å². The number of carbonyl (C=O) groups is 2. The second kappa shape index (κ2) is 6.21. The van der Waals surface area contributed by atoms with E-state index in [0.717, 1.165) is 11.1 Å². The van der Waals surface area contributed by atoms with Crippen molar-refractivity contribution in [2.75, 3.05) is 11.9 Å². The Hall–Kier alpha value is -2.63. The van der Waals surface area contributed by atoms with Gasteiger partial charge >= 0.3 is 5.97 Å². The largest absolute Gasteiger partial charge is 0.452 e. The highest BCUT2D eigenvalue weighted by molar-refractivity contribution is 5.95. The number of anilines is 1. The Labute approximate surface area is 122 Å². The van der Waals surface area contributed by atoms with Gasteiger partial charge in [-0.2, -0.15) is 5.10 Å². The lowest BCUT2D eigenvalue weighted by molar-refractivity contribution is -0.119. The summed E-state index contributed by atoms with van der Waals surface area (Å²) in [5, 5.41) is 6.58. The minimum absolute atomic E-state index is 0.316. The number of hydrogen-bond acceptors (Lipinski definition) is 4. The summed E-state index contributed by atoms with van der Waals surface area (Å²) >= 11 is 0. The summed E-state index contributed by atoms with van der Waals surface area (Å²) in [6.45, 7) is 3.56. The van der Waals surface area contributed by atoms with E-state index < -0.39 is 5.97 Å². The van der Waals surface area contributed by atoms with Gasteiger partial charge in [0.05, 0.1) is 11.8 Å². The number of esters is 1. The topological polar surface area (TPSA) is 73.2 Å². The van der Waals surface area contributed by atoms with Crippen molar-refractivity contribution in [3.63, 3.8) is 0 Å². The van der Waals surface area contributed by atoms with Crippen LogP contribution in [0.15, 0.2) is 30.6 Å². The van der Waals surface area contributed by atoms with E-state index in [1.54, 1.807) is 7.05 Å². The van der Waals surface area contributed by atoms with Crippen molar-refractivity contribution < 1.29 is 14.3 Å². The number of benzene rings is 1. The molecule has 0 radical (unpaired) electrons. The summed E-state index contributed by atoms with van der Waals surface area (Å²) in [7, 11) is 1.70. The molecular weight excluding hydrogens is 270 g/mol. The third-order valence-electron chi connectivity index (χ3n) is 2.93. The fourth-order valence-corrected chi connectivity index (χ4v) is 1.88. The third-order valence-corrected chi connectivity index (χ3v) is 2.93. The van der Waals surface area contributed by atoms with Crippen LogP contribution >= 0.6 is 0 Å². The number of rotatable bonds is 4. The molecular formula is C15H17N3O3. The number of ether oxygens (including phenoxy) is 1. The predicted octanol–water partition coefficient (Wildman–Crippen LogP) is 1.83. The minimum Gasteiger partial charge on any atom is -0.452 e. The normalized spacial score (nSPS) is 10.2. The van der Waals surface area contributed by atoms with Crippen LogP contribution in [-0.2, 0) is 16.6 Å². The van der Waals surface area contributed by atoms with E-state index in [9.17, 15) is 9.59 Å². The Bertz CT molecular complexity index is 677. The molecule has 0 aliphatic rings. The standard InChI is InChI=1S/C15H17N3O3/c1-10-4-5-13(11(2)6-10)17-14(19)9-21-15(20)12-7-16-18(3)8-12/h4-8H,9H2,1-3H3,(H,17,19). The van der Waals surface area contributed by atoms with Crippen LogP contribution in [0.3, 0.4) is 0 Å². The number of nitrogens with zero attached hydrogens (tertiary/aromatic N) is 2. The Morgan fingerprint density at radius 1 is 1.33 bits per heavy atom. The molecule has 0 spiro atoms. The lowest BCUT2D eigenvalue weighted by Gasteiger charge is -2.09. The van der Waals surface area contributed by atoms with E-state index in [-0.39, 0.29) is 12.5 Å². The van der Waals surface area contributed by atoms with Gasteiger partial charge in [-0.05, 0) is 25.5 Å². The summed E-state index contributed by atoms with van der Waals surface area (Å²) < 4.78 is 6.43. The van der Waals surface area contributed by atoms with E-state index in [4.69, 9.17) is 4.74 Å². The van der Waals surface area contributed by atoms with Crippen LogP contribution in [0.2, 0.25) is 0 Å². The number of amides is 1. The van der Waals surface area contributed by atoms with Crippen LogP contribution in [0.25, 0.3) is 0 Å². The zero-order valence-electron chi connectivity index (χ0n) is 12.2. The van der Waals surface area contributed by atoms with Gasteiger partial charge in [-0.1, -0.05) is 17.7 Å². The highest BCUT2D eigenvalue weighted by atomic mass is 16.5. The first-order valence-electron chi connectivity index (χ1n) is 6.48. The van der Waals surface area contributed by atoms with Gasteiger partial charge in [0.15, 0.2) is 6.61 Å². The van der Waals surface area contributed by atoms with Crippen molar-refractivity contribution in [2.45, 2.75) is 13.8 Å². The van der Waals surface area contributed by atoms with Gasteiger partial charge in [-0.25, -0.2) is 4.79 Å². The zero-order chi connectivity index (χ0) is 15.4. The molecule has 0 aliphatic carbocycles. The van der Waals surface area contributed by atoms with Gasteiger partial charge in [0.2, 0.25) is 0 Å². The van der Waals surface area contributed by atoms with E-state index >= 15 is 0 Å². The smallest absolute Gasteiger partial charge is 0.341 e. The summed E-state index contributed by atoms with van der Waals surface area (Å²) in [6.07, 6.45) is 2.93. The highest BCUT2D eigenvalue weighted by Gasteiger charge is 2.12. The Morgan fingerprint density at radius 2 is 2.10 bits per heavy atom. The molecule has 6 heteroatoms. The van der Waals surface area contributed by atoms with E-state index in [1.807, 2.05) is 32.0 Å². The molecule has 0 fully saturated rings. The van der Waals surface area contributed by atoms with Gasteiger partial charge in [0, 0.05) is 18.9 Å². The predicted molar refractivity (Wildman–Crippen MR) is 78.0 cm³/mol. The van der Waals surface area contributed by atoms with Crippen molar-refractivity contribution in [3.8, 4) is 0 Å². The molecule has 6 nitrogen and oxygen atoms in total. The maximum absolute atomic E-state index is 11.8. The van der Waals surface area contributed by atoms with Gasteiger partial charge in [-0.3, -0.25) is 9.48 Å². The monoisotopic (exact) mass is 287 g/mol. The van der Waals surface area contributed by atoms with Crippen molar-refractivity contribution in [2.24, 2.45) is 7.05 Å². The molecule has 0 aliphatic heterocycles. The van der Waals surface area contributed by atoms with E-state index in [2.05, 4.69) is 10.4 Å². The van der Waals surface area contributed by atoms with Gasteiger partial charge < -0.3 is 10.1 Å². The maximum atomic E-state index is 11.8. The minimum atomic E-state index is -0.570. The molecule has 1 amide bonds. The van der Waals surface area contributed by atoms with Crippen LogP contribution in [0.5, 0.6) is 0 Å². The highest BCUT2D eigenvalue weighted by Crippen LogP contribution is 2.15. The number of aromatic nitrogens is 2. The first kappa shape index (κ1) is 14.8. The molecule has 1 aromatic carbocycles. The quantitative estimate of drug-likeness (QED) is 0.871. The van der Waals surface area contributed by atoms with Crippen LogP contribution < -0.4 is 5.32 Å². The summed E-state index contributed by atoms with van der Waals surface area (Å²) in [4.78, 5) is 23.5. The molecule has 2 aromatic rings. The number of carbonyl (C=O) groups excluding carboxylic acids is 2. The number of nitrogens with one attached hydrogen (secondary N) is 1. The molecule has 1 aromatic heterocycles. The molecule has 0 unspecified atom stereocenters. The molecule has 1 N–H and O–H groups in total. The second-order valence-electron chi connectivity index (χ2n) is 4.85. The summed E-state index contributed by atoms with van der Waals surface area (Å²) in [6, 6.07) is 5.70. The molecule has 0 saturated heterocycles. The van der Waals surface area contributed by atoms with Crippen molar-refractivity contribution >= 4 is 17.6 Å². The Kier molecular flexibility index (Phi) is 4.37. The average Bonchev–Trinajstić information content (AvgIpc) is 2.86. The molecule has 2 rings (SSSR count). The lowest BCUT2D eigenvalue weighted by atomic mass is 10.1. The van der Waals surface area contributed by atoms with Crippen LogP contribution in [0.4, 0.5) is 5.69 Å². The Morgan fingerprint density at radius 3 is 2.71 bits per heavy atom. The third kappa shape index (κ3) is 3.92. The van der Waals surface area contributed by atoms with E-state index in [0.29, 0.717) is 11.3 Å². The molecule has 0 atom stereocenters. The molecule has 21 heavy (non-hydrogen) atoms. The molecule has 1 heterocycles. The molecule has 110 valence electrons. The van der Waals surface area contributed by atoms with Crippen LogP contribution in [0, 0.1) is 13.8 Å². The van der Waals surface area contributed by atoms with Gasteiger partial charge in [0.25, 0.3) is 5.91 Å². The van der Waals surface area contributed by atoms with Crippen LogP contribution in [0.1, 0.15) is 21.5 Å². The number of aryl methyl sites for hydroxylation is 3. The van der Waals surface area contributed by atoms with Gasteiger partial charge in [0.1, 0.15) is 0 Å². The summed E-state index contributed by atoms with van der Waals surface area (Å²) in [5.74, 6) is -0.946. The fourth-order valence-electron chi connectivity index (χ4n) is 1.88. The first-order valence-corrected chi connectivity index (χ1v) is 6.48. The van der Waals surface area contributed by atoms with Crippen LogP contribution in [-0.4, -0.2) is 28.3 Å². The summed E-state index contributed by atoms with van der Waals surface area (Å²) in [5.41, 5.74) is 3.11. The first-order chi connectivity index (χ1) is 9.95. The fraction of sp³-hybridized carbons (Fsp3) is 0.267. The van der Waals surface area contributed by atoms with Crippen molar-refractivity contribution in [3.05, 3.63) is 47.3 Å².